The molecule has 3 rings (SSSR count). The Labute approximate surface area is 162 Å². The monoisotopic (exact) mass is 376 g/mol. The number of carbonyl (C=O) groups is 3. The van der Waals surface area contributed by atoms with Crippen molar-refractivity contribution in [2.45, 2.75) is 19.4 Å². The third-order valence-electron chi connectivity index (χ3n) is 4.21. The molecular weight excluding hydrogens is 356 g/mol. The summed E-state index contributed by atoms with van der Waals surface area (Å²) in [5, 5.41) is 6.99. The second-order valence-electron chi connectivity index (χ2n) is 6.36. The lowest BCUT2D eigenvalue weighted by Gasteiger charge is -2.17. The van der Waals surface area contributed by atoms with Gasteiger partial charge in [-0.3, -0.25) is 14.4 Å². The molecule has 0 aliphatic heterocycles. The number of hydrogen-bond acceptors (Lipinski definition) is 4. The van der Waals surface area contributed by atoms with Crippen LogP contribution in [0.25, 0.3) is 5.69 Å². The van der Waals surface area contributed by atoms with Gasteiger partial charge >= 0.3 is 0 Å². The molecule has 3 N–H and O–H groups in total. The summed E-state index contributed by atoms with van der Waals surface area (Å²) in [6, 6.07) is 18.8. The number of nitrogens with two attached hydrogens (primary N) is 1. The van der Waals surface area contributed by atoms with E-state index in [4.69, 9.17) is 5.73 Å². The number of nitrogens with zero attached hydrogens (tertiary/aromatic N) is 2. The van der Waals surface area contributed by atoms with Gasteiger partial charge in [-0.1, -0.05) is 48.5 Å². The third kappa shape index (κ3) is 4.32. The molecule has 0 spiro atoms. The van der Waals surface area contributed by atoms with E-state index < -0.39 is 23.6 Å². The number of para-hydroxylation sites is 1. The van der Waals surface area contributed by atoms with E-state index in [0.29, 0.717) is 11.4 Å². The van der Waals surface area contributed by atoms with Crippen molar-refractivity contribution in [1.29, 1.82) is 0 Å². The summed E-state index contributed by atoms with van der Waals surface area (Å²) in [4.78, 5) is 36.6. The number of aryl methyl sites for hydroxylation is 1. The van der Waals surface area contributed by atoms with Crippen LogP contribution in [0.5, 0.6) is 0 Å². The number of Topliss-reactive ketones (excluding diaryl/α,β-unsaturated/α-hetero) is 1. The molecule has 0 fully saturated rings. The lowest BCUT2D eigenvalue weighted by molar-refractivity contribution is -0.137. The summed E-state index contributed by atoms with van der Waals surface area (Å²) in [5.74, 6) is -2.45. The molecule has 0 radical (unpaired) electrons. The zero-order valence-electron chi connectivity index (χ0n) is 15.3. The highest BCUT2D eigenvalue weighted by atomic mass is 16.2. The van der Waals surface area contributed by atoms with Gasteiger partial charge in [-0.05, 0) is 30.7 Å². The highest BCUT2D eigenvalue weighted by molar-refractivity contribution is 6.38. The van der Waals surface area contributed by atoms with Gasteiger partial charge in [0.25, 0.3) is 11.8 Å². The highest BCUT2D eigenvalue weighted by Crippen LogP contribution is 2.13. The third-order valence-corrected chi connectivity index (χ3v) is 4.21. The molecule has 7 nitrogen and oxygen atoms in total. The van der Waals surface area contributed by atoms with E-state index in [9.17, 15) is 14.4 Å². The van der Waals surface area contributed by atoms with Gasteiger partial charge in [0.2, 0.25) is 5.78 Å². The molecule has 7 heteroatoms. The molecule has 1 aromatic heterocycles. The fourth-order valence-corrected chi connectivity index (χ4v) is 2.89. The maximum absolute atomic E-state index is 12.9. The minimum Gasteiger partial charge on any atom is -0.363 e. The first-order valence-corrected chi connectivity index (χ1v) is 8.76. The maximum atomic E-state index is 12.9. The Hall–Kier alpha value is -3.74. The van der Waals surface area contributed by atoms with E-state index in [-0.39, 0.29) is 12.1 Å². The SMILES string of the molecule is Cc1cc(C(=O)N[C@@H](Cc2ccccc2)C(=O)C(N)=O)n(-c2ccccc2)n1. The van der Waals surface area contributed by atoms with Crippen LogP contribution in [0.3, 0.4) is 0 Å². The topological polar surface area (TPSA) is 107 Å². The Kier molecular flexibility index (Phi) is 5.64. The van der Waals surface area contributed by atoms with Crippen molar-refractivity contribution >= 4 is 17.6 Å². The molecule has 0 saturated carbocycles. The number of nitrogens with one attached hydrogen (secondary N) is 1. The number of aromatic nitrogens is 2. The van der Waals surface area contributed by atoms with E-state index in [1.165, 1.54) is 4.68 Å². The molecule has 0 unspecified atom stereocenters. The van der Waals surface area contributed by atoms with Gasteiger partial charge in [0.15, 0.2) is 0 Å². The molecule has 1 atom stereocenters. The van der Waals surface area contributed by atoms with Crippen LogP contribution < -0.4 is 11.1 Å². The minimum atomic E-state index is -1.09. The van der Waals surface area contributed by atoms with E-state index in [2.05, 4.69) is 10.4 Å². The van der Waals surface area contributed by atoms with Gasteiger partial charge in [0, 0.05) is 6.42 Å². The predicted octanol–water partition coefficient (Wildman–Crippen LogP) is 1.58. The fourth-order valence-electron chi connectivity index (χ4n) is 2.89. The van der Waals surface area contributed by atoms with Gasteiger partial charge < -0.3 is 11.1 Å². The average molecular weight is 376 g/mol. The quantitative estimate of drug-likeness (QED) is 0.610. The number of hydrogen-bond donors (Lipinski definition) is 2. The zero-order chi connectivity index (χ0) is 20.1. The van der Waals surface area contributed by atoms with Crippen LogP contribution in [0.2, 0.25) is 0 Å². The second-order valence-corrected chi connectivity index (χ2v) is 6.36. The van der Waals surface area contributed by atoms with Crippen molar-refractivity contribution < 1.29 is 14.4 Å². The van der Waals surface area contributed by atoms with E-state index in [1.807, 2.05) is 60.7 Å². The van der Waals surface area contributed by atoms with Crippen LogP contribution in [0.4, 0.5) is 0 Å². The van der Waals surface area contributed by atoms with Crippen molar-refractivity contribution in [2.75, 3.05) is 0 Å². The van der Waals surface area contributed by atoms with Gasteiger partial charge in [0.1, 0.15) is 11.7 Å². The Morgan fingerprint density at radius 2 is 1.64 bits per heavy atom. The van der Waals surface area contributed by atoms with Crippen LogP contribution in [0.1, 0.15) is 21.7 Å². The van der Waals surface area contributed by atoms with Crippen LogP contribution in [0, 0.1) is 6.92 Å². The number of primary amides is 1. The van der Waals surface area contributed by atoms with E-state index in [1.54, 1.807) is 13.0 Å². The highest BCUT2D eigenvalue weighted by Gasteiger charge is 2.27. The largest absolute Gasteiger partial charge is 0.363 e. The molecule has 142 valence electrons. The molecule has 0 aliphatic carbocycles. The predicted molar refractivity (Wildman–Crippen MR) is 104 cm³/mol. The van der Waals surface area contributed by atoms with Crippen molar-refractivity contribution in [2.24, 2.45) is 5.73 Å². The molecular formula is C21H20N4O3. The van der Waals surface area contributed by atoms with Crippen molar-refractivity contribution in [3.05, 3.63) is 83.7 Å². The Morgan fingerprint density at radius 3 is 2.25 bits per heavy atom. The Bertz CT molecular complexity index is 997. The van der Waals surface area contributed by atoms with Gasteiger partial charge in [-0.2, -0.15) is 5.10 Å². The van der Waals surface area contributed by atoms with Crippen molar-refractivity contribution in [3.8, 4) is 5.69 Å². The van der Waals surface area contributed by atoms with Gasteiger partial charge in [-0.15, -0.1) is 0 Å². The lowest BCUT2D eigenvalue weighted by atomic mass is 10.0. The fraction of sp³-hybridized carbons (Fsp3) is 0.143. The van der Waals surface area contributed by atoms with Crippen LogP contribution in [-0.4, -0.2) is 33.4 Å². The Morgan fingerprint density at radius 1 is 1.04 bits per heavy atom. The molecule has 0 aliphatic rings. The van der Waals surface area contributed by atoms with Crippen LogP contribution in [-0.2, 0) is 16.0 Å². The molecule has 2 aromatic carbocycles. The first-order valence-electron chi connectivity index (χ1n) is 8.76. The number of ketones is 1. The first-order chi connectivity index (χ1) is 13.5. The number of amides is 2. The van der Waals surface area contributed by atoms with Gasteiger partial charge in [-0.25, -0.2) is 4.68 Å². The number of carbonyl (C=O) groups excluding carboxylic acids is 3. The molecule has 0 saturated heterocycles. The molecule has 28 heavy (non-hydrogen) atoms. The summed E-state index contributed by atoms with van der Waals surface area (Å²) in [6.07, 6.45) is 0.160. The zero-order valence-corrected chi connectivity index (χ0v) is 15.3. The van der Waals surface area contributed by atoms with Crippen LogP contribution >= 0.6 is 0 Å². The Balaban J connectivity index is 1.88. The summed E-state index contributed by atoms with van der Waals surface area (Å²) >= 11 is 0. The molecule has 2 amide bonds. The summed E-state index contributed by atoms with van der Waals surface area (Å²) in [5.41, 5.74) is 7.59. The van der Waals surface area contributed by atoms with E-state index >= 15 is 0 Å². The van der Waals surface area contributed by atoms with Gasteiger partial charge in [0.05, 0.1) is 11.4 Å². The van der Waals surface area contributed by atoms with Crippen molar-refractivity contribution in [3.63, 3.8) is 0 Å². The lowest BCUT2D eigenvalue weighted by Crippen LogP contribution is -2.47. The first kappa shape index (κ1) is 19.0. The van der Waals surface area contributed by atoms with Crippen molar-refractivity contribution in [1.82, 2.24) is 15.1 Å². The molecule has 3 aromatic rings. The summed E-state index contributed by atoms with van der Waals surface area (Å²) in [7, 11) is 0. The molecule has 1 heterocycles. The van der Waals surface area contributed by atoms with E-state index in [0.717, 1.165) is 5.56 Å². The maximum Gasteiger partial charge on any atom is 0.287 e. The minimum absolute atomic E-state index is 0.160. The standard InChI is InChI=1S/C21H20N4O3/c1-14-12-18(25(24-14)16-10-6-3-7-11-16)21(28)23-17(19(26)20(22)27)13-15-8-4-2-5-9-15/h2-12,17H,13H2,1H3,(H2,22,27)(H,23,28)/t17-/m0/s1. The normalized spacial score (nSPS) is 11.6. The van der Waals surface area contributed by atoms with Crippen LogP contribution in [0.15, 0.2) is 66.7 Å². The summed E-state index contributed by atoms with van der Waals surface area (Å²) < 4.78 is 1.50. The summed E-state index contributed by atoms with van der Waals surface area (Å²) in [6.45, 7) is 1.77. The second kappa shape index (κ2) is 8.30. The molecule has 0 bridgehead atoms. The average Bonchev–Trinajstić information content (AvgIpc) is 3.10. The number of rotatable bonds is 7. The smallest absolute Gasteiger partial charge is 0.287 e. The number of benzene rings is 2.